The molecule has 1 aromatic heterocycles. The summed E-state index contributed by atoms with van der Waals surface area (Å²) in [5.74, 6) is 1.43. The molecule has 54 valence electrons. The van der Waals surface area contributed by atoms with Gasteiger partial charge in [-0.15, -0.1) is 5.10 Å². The van der Waals surface area contributed by atoms with Gasteiger partial charge in [0.25, 0.3) is 0 Å². The summed E-state index contributed by atoms with van der Waals surface area (Å²) in [5.41, 5.74) is 0. The van der Waals surface area contributed by atoms with Crippen LogP contribution in [0.15, 0.2) is 12.4 Å². The second kappa shape index (κ2) is 3.25. The Hall–Kier alpha value is -0.990. The topological polar surface area (TPSA) is 38.7 Å². The van der Waals surface area contributed by atoms with Crippen molar-refractivity contribution in [1.29, 1.82) is 0 Å². The van der Waals surface area contributed by atoms with Gasteiger partial charge in [-0.05, 0) is 5.92 Å². The molecule has 0 saturated heterocycles. The Bertz CT molecular complexity index is 183. The molecule has 0 amide bonds. The Kier molecular flexibility index (Phi) is 2.31. The van der Waals surface area contributed by atoms with Crippen molar-refractivity contribution < 1.29 is 0 Å². The standard InChI is InChI=1S/C7H11N3/c1-6(2)5-7-8-3-4-9-10-7/h3-4,6H,5H2,1-2H3. The molecule has 3 nitrogen and oxygen atoms in total. The molecule has 0 aliphatic rings. The first-order valence-corrected chi connectivity index (χ1v) is 3.41. The normalized spacial score (nSPS) is 10.3. The van der Waals surface area contributed by atoms with Crippen LogP contribution >= 0.6 is 0 Å². The van der Waals surface area contributed by atoms with Crippen molar-refractivity contribution >= 4 is 0 Å². The summed E-state index contributed by atoms with van der Waals surface area (Å²) in [6.07, 6.45) is 4.17. The van der Waals surface area contributed by atoms with Gasteiger partial charge in [0.2, 0.25) is 0 Å². The number of nitrogens with zero attached hydrogens (tertiary/aromatic N) is 3. The summed E-state index contributed by atoms with van der Waals surface area (Å²) in [7, 11) is 0. The second-order valence-corrected chi connectivity index (χ2v) is 2.66. The molecule has 0 saturated carbocycles. The molecule has 10 heavy (non-hydrogen) atoms. The lowest BCUT2D eigenvalue weighted by molar-refractivity contribution is 0.610. The lowest BCUT2D eigenvalue weighted by Crippen LogP contribution is -2.00. The van der Waals surface area contributed by atoms with Gasteiger partial charge in [-0.2, -0.15) is 5.10 Å². The van der Waals surface area contributed by atoms with E-state index >= 15 is 0 Å². The highest BCUT2D eigenvalue weighted by atomic mass is 15.1. The molecule has 1 rings (SSSR count). The molecule has 0 fully saturated rings. The van der Waals surface area contributed by atoms with Crippen molar-refractivity contribution in [2.45, 2.75) is 20.3 Å². The minimum atomic E-state index is 0.601. The van der Waals surface area contributed by atoms with E-state index < -0.39 is 0 Å². The molecule has 1 heterocycles. The van der Waals surface area contributed by atoms with Crippen LogP contribution in [-0.2, 0) is 6.42 Å². The van der Waals surface area contributed by atoms with Gasteiger partial charge in [-0.1, -0.05) is 13.8 Å². The van der Waals surface area contributed by atoms with Crippen LogP contribution in [0.1, 0.15) is 19.7 Å². The smallest absolute Gasteiger partial charge is 0.151 e. The molecule has 3 heteroatoms. The third-order valence-electron chi connectivity index (χ3n) is 1.12. The van der Waals surface area contributed by atoms with E-state index in [1.165, 1.54) is 0 Å². The van der Waals surface area contributed by atoms with Crippen molar-refractivity contribution in [3.05, 3.63) is 18.2 Å². The summed E-state index contributed by atoms with van der Waals surface area (Å²) in [5, 5.41) is 7.58. The Morgan fingerprint density at radius 2 is 2.20 bits per heavy atom. The number of hydrogen-bond donors (Lipinski definition) is 0. The highest BCUT2D eigenvalue weighted by Gasteiger charge is 1.98. The van der Waals surface area contributed by atoms with Gasteiger partial charge in [0, 0.05) is 12.6 Å². The molecule has 0 atom stereocenters. The first-order valence-electron chi connectivity index (χ1n) is 3.41. The molecule has 0 spiro atoms. The predicted molar refractivity (Wildman–Crippen MR) is 38.4 cm³/mol. The SMILES string of the molecule is CC(C)Cc1nccnn1. The third-order valence-corrected chi connectivity index (χ3v) is 1.12. The molecule has 1 aromatic rings. The highest BCUT2D eigenvalue weighted by Crippen LogP contribution is 1.98. The monoisotopic (exact) mass is 137 g/mol. The van der Waals surface area contributed by atoms with E-state index in [1.807, 2.05) is 0 Å². The van der Waals surface area contributed by atoms with E-state index in [9.17, 15) is 0 Å². The van der Waals surface area contributed by atoms with Crippen LogP contribution in [0.25, 0.3) is 0 Å². The van der Waals surface area contributed by atoms with Crippen LogP contribution in [0.5, 0.6) is 0 Å². The molecule has 0 unspecified atom stereocenters. The lowest BCUT2D eigenvalue weighted by Gasteiger charge is -1.99. The third kappa shape index (κ3) is 2.09. The highest BCUT2D eigenvalue weighted by molar-refractivity contribution is 4.82. The van der Waals surface area contributed by atoms with E-state index in [0.717, 1.165) is 12.2 Å². The molecule has 0 radical (unpaired) electrons. The van der Waals surface area contributed by atoms with Gasteiger partial charge >= 0.3 is 0 Å². The number of aromatic nitrogens is 3. The van der Waals surface area contributed by atoms with Crippen LogP contribution in [0.2, 0.25) is 0 Å². The van der Waals surface area contributed by atoms with Crippen LogP contribution in [0.4, 0.5) is 0 Å². The summed E-state index contributed by atoms with van der Waals surface area (Å²) in [6, 6.07) is 0. The summed E-state index contributed by atoms with van der Waals surface area (Å²) in [4.78, 5) is 4.05. The maximum Gasteiger partial charge on any atom is 0.151 e. The fraction of sp³-hybridized carbons (Fsp3) is 0.571. The number of hydrogen-bond acceptors (Lipinski definition) is 3. The van der Waals surface area contributed by atoms with Gasteiger partial charge in [-0.3, -0.25) is 0 Å². The molecule has 0 aliphatic carbocycles. The maximum absolute atomic E-state index is 4.05. The summed E-state index contributed by atoms with van der Waals surface area (Å²) in [6.45, 7) is 4.27. The summed E-state index contributed by atoms with van der Waals surface area (Å²) >= 11 is 0. The summed E-state index contributed by atoms with van der Waals surface area (Å²) < 4.78 is 0. The first-order chi connectivity index (χ1) is 4.79. The van der Waals surface area contributed by atoms with Crippen LogP contribution < -0.4 is 0 Å². The molecule has 0 aromatic carbocycles. The van der Waals surface area contributed by atoms with Gasteiger partial charge < -0.3 is 0 Å². The Labute approximate surface area is 60.5 Å². The Morgan fingerprint density at radius 3 is 2.70 bits per heavy atom. The molecule has 0 N–H and O–H groups in total. The second-order valence-electron chi connectivity index (χ2n) is 2.66. The van der Waals surface area contributed by atoms with Crippen LogP contribution in [0.3, 0.4) is 0 Å². The Morgan fingerprint density at radius 1 is 1.40 bits per heavy atom. The average molecular weight is 137 g/mol. The van der Waals surface area contributed by atoms with E-state index in [1.54, 1.807) is 12.4 Å². The van der Waals surface area contributed by atoms with E-state index in [-0.39, 0.29) is 0 Å². The molecular formula is C7H11N3. The van der Waals surface area contributed by atoms with Crippen molar-refractivity contribution in [2.75, 3.05) is 0 Å². The van der Waals surface area contributed by atoms with E-state index in [0.29, 0.717) is 5.92 Å². The van der Waals surface area contributed by atoms with Gasteiger partial charge in [-0.25, -0.2) is 4.98 Å². The van der Waals surface area contributed by atoms with Crippen molar-refractivity contribution in [3.63, 3.8) is 0 Å². The van der Waals surface area contributed by atoms with E-state index in [2.05, 4.69) is 29.0 Å². The minimum Gasteiger partial charge on any atom is -0.238 e. The zero-order valence-corrected chi connectivity index (χ0v) is 6.28. The van der Waals surface area contributed by atoms with Crippen LogP contribution in [0, 0.1) is 5.92 Å². The lowest BCUT2D eigenvalue weighted by atomic mass is 10.1. The fourth-order valence-corrected chi connectivity index (χ4v) is 0.734. The minimum absolute atomic E-state index is 0.601. The van der Waals surface area contributed by atoms with Crippen molar-refractivity contribution in [2.24, 2.45) is 5.92 Å². The van der Waals surface area contributed by atoms with Crippen molar-refractivity contribution in [3.8, 4) is 0 Å². The zero-order chi connectivity index (χ0) is 7.40. The first kappa shape index (κ1) is 7.12. The Balaban J connectivity index is 2.59. The maximum atomic E-state index is 4.05. The molecule has 0 bridgehead atoms. The van der Waals surface area contributed by atoms with Gasteiger partial charge in [0.1, 0.15) is 0 Å². The van der Waals surface area contributed by atoms with E-state index in [4.69, 9.17) is 0 Å². The zero-order valence-electron chi connectivity index (χ0n) is 6.28. The molecule has 0 aliphatic heterocycles. The average Bonchev–Trinajstić information content (AvgIpc) is 1.88. The largest absolute Gasteiger partial charge is 0.238 e. The fourth-order valence-electron chi connectivity index (χ4n) is 0.734. The van der Waals surface area contributed by atoms with Crippen LogP contribution in [-0.4, -0.2) is 15.2 Å². The number of rotatable bonds is 2. The molecular weight excluding hydrogens is 126 g/mol. The van der Waals surface area contributed by atoms with Crippen molar-refractivity contribution in [1.82, 2.24) is 15.2 Å². The van der Waals surface area contributed by atoms with Gasteiger partial charge in [0.05, 0.1) is 6.20 Å². The van der Waals surface area contributed by atoms with Gasteiger partial charge in [0.15, 0.2) is 5.82 Å². The quantitative estimate of drug-likeness (QED) is 0.612. The predicted octanol–water partition coefficient (Wildman–Crippen LogP) is 1.07.